The topological polar surface area (TPSA) is 91.4 Å². The molecule has 0 aliphatic carbocycles. The summed E-state index contributed by atoms with van der Waals surface area (Å²) >= 11 is 7.08. The number of amides is 1. The summed E-state index contributed by atoms with van der Waals surface area (Å²) in [7, 11) is -0.653. The fourth-order valence-corrected chi connectivity index (χ4v) is 4.95. The van der Waals surface area contributed by atoms with Gasteiger partial charge in [0, 0.05) is 18.9 Å². The molecule has 1 aliphatic heterocycles. The van der Waals surface area contributed by atoms with E-state index >= 15 is 0 Å². The average molecular weight is 417 g/mol. The van der Waals surface area contributed by atoms with Gasteiger partial charge in [-0.25, -0.2) is 9.37 Å². The van der Waals surface area contributed by atoms with E-state index in [1.165, 1.54) is 30.5 Å². The number of likely N-dealkylation sites (N-methyl/N-ethyl adjacent to an activating group) is 1. The quantitative estimate of drug-likeness (QED) is 0.709. The zero-order chi connectivity index (χ0) is 19.1. The van der Waals surface area contributed by atoms with E-state index < -0.39 is 34.0 Å². The van der Waals surface area contributed by atoms with Crippen molar-refractivity contribution in [1.29, 1.82) is 0 Å². The molecule has 1 amide bonds. The summed E-state index contributed by atoms with van der Waals surface area (Å²) < 4.78 is 42.5. The van der Waals surface area contributed by atoms with Crippen molar-refractivity contribution in [2.24, 2.45) is 0 Å². The van der Waals surface area contributed by atoms with Gasteiger partial charge in [-0.2, -0.15) is 17.4 Å². The zero-order valence-electron chi connectivity index (χ0n) is 13.9. The number of carbonyl (C=O) groups excluding carboxylic acids is 1. The molecular formula is C14H15BClFN4O3S2. The van der Waals surface area contributed by atoms with Crippen LogP contribution in [0.15, 0.2) is 24.4 Å². The van der Waals surface area contributed by atoms with E-state index in [2.05, 4.69) is 15.0 Å². The van der Waals surface area contributed by atoms with Gasteiger partial charge in [0.2, 0.25) is 5.91 Å². The predicted octanol–water partition coefficient (Wildman–Crippen LogP) is 0.412. The number of carbonyl (C=O) groups is 1. The summed E-state index contributed by atoms with van der Waals surface area (Å²) in [4.78, 5) is 16.9. The van der Waals surface area contributed by atoms with E-state index in [1.54, 1.807) is 6.20 Å². The Balaban J connectivity index is 1.83. The number of halogens is 2. The summed E-state index contributed by atoms with van der Waals surface area (Å²) in [5.41, 5.74) is 0.285. The summed E-state index contributed by atoms with van der Waals surface area (Å²) in [5.74, 6) is -1.14. The molecule has 1 aromatic heterocycles. The van der Waals surface area contributed by atoms with Crippen LogP contribution >= 0.6 is 22.9 Å². The third kappa shape index (κ3) is 3.91. The molecule has 1 fully saturated rings. The first kappa shape index (κ1) is 19.2. The standard InChI is InChI=1S/C14H15BClFN4O3S2/c1-21-11(13(22)19-7-2-3-9(17)8(16)4-7)5-10(20-26(21,23)24)14-18-6-12(15)25-14/h2-4,6,10-11,20H,5,15H2,1H3,(H,19,22). The maximum Gasteiger partial charge on any atom is 0.280 e. The minimum absolute atomic E-state index is 0.134. The summed E-state index contributed by atoms with van der Waals surface area (Å²) in [5, 5.41) is 3.05. The molecule has 26 heavy (non-hydrogen) atoms. The van der Waals surface area contributed by atoms with Crippen LogP contribution in [0.25, 0.3) is 0 Å². The Kier molecular flexibility index (Phi) is 5.36. The summed E-state index contributed by atoms with van der Waals surface area (Å²) in [6, 6.07) is 2.21. The first-order valence-corrected chi connectivity index (χ1v) is 10.2. The van der Waals surface area contributed by atoms with Crippen molar-refractivity contribution < 1.29 is 17.6 Å². The molecule has 0 radical (unpaired) electrons. The third-order valence-electron chi connectivity index (χ3n) is 4.00. The Labute approximate surface area is 160 Å². The van der Waals surface area contributed by atoms with Gasteiger partial charge in [-0.1, -0.05) is 11.6 Å². The molecule has 1 saturated heterocycles. The normalized spacial score (nSPS) is 22.9. The van der Waals surface area contributed by atoms with Gasteiger partial charge >= 0.3 is 0 Å². The van der Waals surface area contributed by atoms with E-state index in [9.17, 15) is 17.6 Å². The molecule has 0 saturated carbocycles. The Hall–Kier alpha value is -1.53. The fourth-order valence-electron chi connectivity index (χ4n) is 2.61. The lowest BCUT2D eigenvalue weighted by Gasteiger charge is -2.35. The van der Waals surface area contributed by atoms with E-state index in [4.69, 9.17) is 11.6 Å². The van der Waals surface area contributed by atoms with Crippen LogP contribution < -0.4 is 14.8 Å². The number of hydrogen-bond donors (Lipinski definition) is 2. The molecule has 1 aromatic carbocycles. The highest BCUT2D eigenvalue weighted by Crippen LogP contribution is 2.29. The third-order valence-corrected chi connectivity index (χ3v) is 6.91. The summed E-state index contributed by atoms with van der Waals surface area (Å²) in [6.45, 7) is 0. The van der Waals surface area contributed by atoms with Gasteiger partial charge in [0.1, 0.15) is 16.9 Å². The lowest BCUT2D eigenvalue weighted by Crippen LogP contribution is -2.55. The smallest absolute Gasteiger partial charge is 0.280 e. The molecule has 7 nitrogen and oxygen atoms in total. The SMILES string of the molecule is Bc1cnc(C2CC(C(=O)Nc3ccc(F)c(Cl)c3)N(C)S(=O)(=O)N2)s1. The molecule has 2 N–H and O–H groups in total. The predicted molar refractivity (Wildman–Crippen MR) is 101 cm³/mol. The Morgan fingerprint density at radius 3 is 2.88 bits per heavy atom. The van der Waals surface area contributed by atoms with Crippen molar-refractivity contribution >= 4 is 57.4 Å². The molecular weight excluding hydrogens is 402 g/mol. The highest BCUT2D eigenvalue weighted by molar-refractivity contribution is 7.87. The number of rotatable bonds is 3. The van der Waals surface area contributed by atoms with Crippen LogP contribution in [-0.4, -0.2) is 44.5 Å². The largest absolute Gasteiger partial charge is 0.325 e. The second-order valence-corrected chi connectivity index (χ2v) is 9.31. The molecule has 2 aromatic rings. The van der Waals surface area contributed by atoms with Crippen LogP contribution in [0.2, 0.25) is 5.02 Å². The molecule has 2 atom stereocenters. The number of nitrogens with one attached hydrogen (secondary N) is 2. The second-order valence-electron chi connectivity index (χ2n) is 5.87. The number of hydrogen-bond acceptors (Lipinski definition) is 5. The van der Waals surface area contributed by atoms with Crippen molar-refractivity contribution in [2.75, 3.05) is 12.4 Å². The van der Waals surface area contributed by atoms with Gasteiger partial charge in [-0.3, -0.25) is 4.79 Å². The van der Waals surface area contributed by atoms with Crippen molar-refractivity contribution in [2.45, 2.75) is 18.5 Å². The van der Waals surface area contributed by atoms with E-state index in [0.717, 1.165) is 15.1 Å². The maximum atomic E-state index is 13.2. The van der Waals surface area contributed by atoms with Gasteiger partial charge in [-0.05, 0) is 29.4 Å². The van der Waals surface area contributed by atoms with Gasteiger partial charge in [0.15, 0.2) is 7.85 Å². The van der Waals surface area contributed by atoms with E-state index in [-0.39, 0.29) is 17.1 Å². The van der Waals surface area contributed by atoms with Crippen molar-refractivity contribution in [3.63, 3.8) is 0 Å². The Bertz CT molecular complexity index is 955. The molecule has 12 heteroatoms. The lowest BCUT2D eigenvalue weighted by molar-refractivity contribution is -0.120. The minimum Gasteiger partial charge on any atom is -0.325 e. The molecule has 0 spiro atoms. The van der Waals surface area contributed by atoms with Crippen molar-refractivity contribution in [1.82, 2.24) is 14.0 Å². The molecule has 3 rings (SSSR count). The Morgan fingerprint density at radius 2 is 2.27 bits per heavy atom. The lowest BCUT2D eigenvalue weighted by atomic mass is 10.1. The molecule has 2 unspecified atom stereocenters. The molecule has 0 bridgehead atoms. The number of aromatic nitrogens is 1. The minimum atomic E-state index is -3.85. The molecule has 2 heterocycles. The van der Waals surface area contributed by atoms with Gasteiger partial charge < -0.3 is 5.32 Å². The van der Waals surface area contributed by atoms with Crippen LogP contribution in [0.1, 0.15) is 17.5 Å². The van der Waals surface area contributed by atoms with Crippen LogP contribution in [0, 0.1) is 5.82 Å². The van der Waals surface area contributed by atoms with Crippen LogP contribution in [0.4, 0.5) is 10.1 Å². The number of anilines is 1. The van der Waals surface area contributed by atoms with E-state index in [0.29, 0.717) is 5.01 Å². The average Bonchev–Trinajstić information content (AvgIpc) is 2.99. The van der Waals surface area contributed by atoms with Crippen molar-refractivity contribution in [3.8, 4) is 0 Å². The van der Waals surface area contributed by atoms with E-state index in [1.807, 2.05) is 7.85 Å². The second kappa shape index (κ2) is 7.24. The number of nitrogens with zero attached hydrogens (tertiary/aromatic N) is 2. The van der Waals surface area contributed by atoms with Gasteiger partial charge in [-0.15, -0.1) is 11.3 Å². The summed E-state index contributed by atoms with van der Waals surface area (Å²) in [6.07, 6.45) is 1.87. The van der Waals surface area contributed by atoms with Crippen molar-refractivity contribution in [3.05, 3.63) is 40.2 Å². The monoisotopic (exact) mass is 416 g/mol. The number of benzene rings is 1. The first-order valence-electron chi connectivity index (χ1n) is 7.61. The van der Waals surface area contributed by atoms with Crippen LogP contribution in [0.3, 0.4) is 0 Å². The molecule has 138 valence electrons. The first-order chi connectivity index (χ1) is 12.2. The molecule has 1 aliphatic rings. The highest BCUT2D eigenvalue weighted by Gasteiger charge is 2.41. The number of thiazole rings is 1. The zero-order valence-corrected chi connectivity index (χ0v) is 16.3. The van der Waals surface area contributed by atoms with Gasteiger partial charge in [0.05, 0.1) is 11.1 Å². The maximum absolute atomic E-state index is 13.2. The fraction of sp³-hybridized carbons (Fsp3) is 0.286. The highest BCUT2D eigenvalue weighted by atomic mass is 35.5. The van der Waals surface area contributed by atoms with Crippen LogP contribution in [0.5, 0.6) is 0 Å². The van der Waals surface area contributed by atoms with Gasteiger partial charge in [0.25, 0.3) is 10.2 Å². The van der Waals surface area contributed by atoms with Crippen LogP contribution in [-0.2, 0) is 15.0 Å². The Morgan fingerprint density at radius 1 is 1.54 bits per heavy atom.